The lowest BCUT2D eigenvalue weighted by atomic mass is 10.2. The minimum absolute atomic E-state index is 0.867. The van der Waals surface area contributed by atoms with Gasteiger partial charge in [0.05, 0.1) is 16.1 Å². The number of hydrogen-bond donors (Lipinski definition) is 0. The van der Waals surface area contributed by atoms with Gasteiger partial charge >= 0.3 is 0 Å². The van der Waals surface area contributed by atoms with Gasteiger partial charge in [-0.15, -0.1) is 11.3 Å². The molecule has 2 aromatic rings. The molecule has 1 aromatic carbocycles. The number of benzene rings is 1. The molecule has 0 aliphatic carbocycles. The van der Waals surface area contributed by atoms with Gasteiger partial charge in [-0.05, 0) is 12.5 Å². The van der Waals surface area contributed by atoms with Gasteiger partial charge in [0.25, 0.3) is 0 Å². The molecule has 2 rings (SSSR count). The molecule has 59 valence electrons. The number of rotatable bonds is 1. The molecule has 0 atom stereocenters. The third-order valence-corrected chi connectivity index (χ3v) is 2.60. The van der Waals surface area contributed by atoms with Gasteiger partial charge in [0.2, 0.25) is 0 Å². The van der Waals surface area contributed by atoms with Crippen molar-refractivity contribution in [3.8, 4) is 10.4 Å². The zero-order valence-corrected chi connectivity index (χ0v) is 7.34. The van der Waals surface area contributed by atoms with E-state index in [0.29, 0.717) is 0 Å². The molecule has 0 saturated heterocycles. The van der Waals surface area contributed by atoms with Gasteiger partial charge in [-0.25, -0.2) is 4.98 Å². The van der Waals surface area contributed by atoms with Crippen molar-refractivity contribution in [3.63, 3.8) is 0 Å². The molecule has 2 heteroatoms. The molecule has 0 aliphatic heterocycles. The molecular weight excluding hydrogens is 166 g/mol. The van der Waals surface area contributed by atoms with Crippen molar-refractivity contribution in [3.05, 3.63) is 48.5 Å². The van der Waals surface area contributed by atoms with Crippen LogP contribution in [-0.4, -0.2) is 4.98 Å². The lowest BCUT2D eigenvalue weighted by Crippen LogP contribution is -1.75. The average molecular weight is 174 g/mol. The average Bonchev–Trinajstić information content (AvgIpc) is 2.53. The Bertz CT molecular complexity index is 364. The Morgan fingerprint density at radius 2 is 1.92 bits per heavy atom. The largest absolute Gasteiger partial charge is 0.249 e. The van der Waals surface area contributed by atoms with E-state index in [9.17, 15) is 0 Å². The zero-order valence-electron chi connectivity index (χ0n) is 6.53. The molecule has 1 nitrogen and oxygen atoms in total. The Morgan fingerprint density at radius 1 is 1.17 bits per heavy atom. The highest BCUT2D eigenvalue weighted by Gasteiger charge is 2.02. The van der Waals surface area contributed by atoms with Gasteiger partial charge in [0.15, 0.2) is 0 Å². The van der Waals surface area contributed by atoms with E-state index in [0.717, 1.165) is 10.6 Å². The van der Waals surface area contributed by atoms with Crippen LogP contribution in [0.5, 0.6) is 0 Å². The monoisotopic (exact) mass is 174 g/mol. The molecule has 1 heterocycles. The summed E-state index contributed by atoms with van der Waals surface area (Å²) in [6.07, 6.45) is 0. The topological polar surface area (TPSA) is 12.9 Å². The zero-order chi connectivity index (χ0) is 8.39. The molecule has 1 aromatic heterocycles. The van der Waals surface area contributed by atoms with Crippen LogP contribution in [0.4, 0.5) is 0 Å². The first-order valence-corrected chi connectivity index (χ1v) is 4.57. The standard InChI is InChI=1S/C10H8NS/c1-8-10(12-7-11-8)9-5-3-2-4-6-9/h2-7H,1H2. The summed E-state index contributed by atoms with van der Waals surface area (Å²) in [5.41, 5.74) is 3.89. The Kier molecular flexibility index (Phi) is 1.92. The molecule has 12 heavy (non-hydrogen) atoms. The minimum Gasteiger partial charge on any atom is -0.249 e. The Morgan fingerprint density at radius 3 is 2.50 bits per heavy atom. The quantitative estimate of drug-likeness (QED) is 0.647. The molecule has 0 aliphatic rings. The Balaban J connectivity index is 2.51. The van der Waals surface area contributed by atoms with Crippen molar-refractivity contribution in [1.82, 2.24) is 4.98 Å². The first kappa shape index (κ1) is 7.50. The van der Waals surface area contributed by atoms with Gasteiger partial charge in [0.1, 0.15) is 0 Å². The molecule has 0 fully saturated rings. The molecule has 0 amide bonds. The maximum absolute atomic E-state index is 4.10. The van der Waals surface area contributed by atoms with Crippen LogP contribution in [0, 0.1) is 6.92 Å². The number of thiazole rings is 1. The first-order chi connectivity index (χ1) is 5.88. The SMILES string of the molecule is [CH2]c1ncsc1-c1ccccc1. The highest BCUT2D eigenvalue weighted by atomic mass is 32.1. The van der Waals surface area contributed by atoms with Crippen molar-refractivity contribution < 1.29 is 0 Å². The molecule has 0 spiro atoms. The van der Waals surface area contributed by atoms with E-state index < -0.39 is 0 Å². The van der Waals surface area contributed by atoms with E-state index in [2.05, 4.69) is 24.0 Å². The fourth-order valence-corrected chi connectivity index (χ4v) is 1.84. The Labute approximate surface area is 75.7 Å². The van der Waals surface area contributed by atoms with E-state index in [-0.39, 0.29) is 0 Å². The molecule has 0 saturated carbocycles. The highest BCUT2D eigenvalue weighted by molar-refractivity contribution is 7.13. The fraction of sp³-hybridized carbons (Fsp3) is 0. The van der Waals surface area contributed by atoms with Crippen molar-refractivity contribution in [2.45, 2.75) is 0 Å². The Hall–Kier alpha value is -1.15. The second-order valence-corrected chi connectivity index (χ2v) is 3.35. The second-order valence-electron chi connectivity index (χ2n) is 2.49. The second kappa shape index (κ2) is 3.07. The van der Waals surface area contributed by atoms with Crippen molar-refractivity contribution in [2.75, 3.05) is 0 Å². The molecule has 1 radical (unpaired) electrons. The predicted molar refractivity (Wildman–Crippen MR) is 52.0 cm³/mol. The molecule has 0 bridgehead atoms. The van der Waals surface area contributed by atoms with Crippen LogP contribution in [-0.2, 0) is 0 Å². The summed E-state index contributed by atoms with van der Waals surface area (Å²) in [5, 5.41) is 0. The van der Waals surface area contributed by atoms with E-state index >= 15 is 0 Å². The molecule has 0 N–H and O–H groups in total. The van der Waals surface area contributed by atoms with Crippen LogP contribution in [0.1, 0.15) is 5.69 Å². The number of hydrogen-bond acceptors (Lipinski definition) is 2. The number of nitrogens with zero attached hydrogens (tertiary/aromatic N) is 1. The number of aromatic nitrogens is 1. The summed E-state index contributed by atoms with van der Waals surface area (Å²) >= 11 is 1.63. The van der Waals surface area contributed by atoms with Gasteiger partial charge in [0, 0.05) is 0 Å². The summed E-state index contributed by atoms with van der Waals surface area (Å²) < 4.78 is 0. The molecule has 0 unspecified atom stereocenters. The maximum atomic E-state index is 4.10. The van der Waals surface area contributed by atoms with Gasteiger partial charge in [-0.3, -0.25) is 0 Å². The maximum Gasteiger partial charge on any atom is 0.0801 e. The minimum atomic E-state index is 0.867. The van der Waals surface area contributed by atoms with Crippen molar-refractivity contribution in [2.24, 2.45) is 0 Å². The van der Waals surface area contributed by atoms with E-state index in [1.54, 1.807) is 11.3 Å². The summed E-state index contributed by atoms with van der Waals surface area (Å²) in [7, 11) is 0. The van der Waals surface area contributed by atoms with Crippen LogP contribution in [0.25, 0.3) is 10.4 Å². The van der Waals surface area contributed by atoms with Crippen LogP contribution in [0.2, 0.25) is 0 Å². The first-order valence-electron chi connectivity index (χ1n) is 3.69. The van der Waals surface area contributed by atoms with Crippen LogP contribution in [0.3, 0.4) is 0 Å². The van der Waals surface area contributed by atoms with Gasteiger partial charge < -0.3 is 0 Å². The van der Waals surface area contributed by atoms with E-state index in [1.807, 2.05) is 23.7 Å². The summed E-state index contributed by atoms with van der Waals surface area (Å²) in [6.45, 7) is 3.86. The lowest BCUT2D eigenvalue weighted by Gasteiger charge is -1.95. The smallest absolute Gasteiger partial charge is 0.0801 e. The van der Waals surface area contributed by atoms with E-state index in [4.69, 9.17) is 0 Å². The predicted octanol–water partition coefficient (Wildman–Crippen LogP) is 2.99. The lowest BCUT2D eigenvalue weighted by molar-refractivity contribution is 1.35. The fourth-order valence-electron chi connectivity index (χ4n) is 1.09. The summed E-state index contributed by atoms with van der Waals surface area (Å²) in [5.74, 6) is 0. The van der Waals surface area contributed by atoms with Crippen LogP contribution in [0.15, 0.2) is 35.8 Å². The highest BCUT2D eigenvalue weighted by Crippen LogP contribution is 2.26. The third-order valence-electron chi connectivity index (χ3n) is 1.68. The van der Waals surface area contributed by atoms with Gasteiger partial charge in [-0.1, -0.05) is 30.3 Å². The normalized spacial score (nSPS) is 10.1. The van der Waals surface area contributed by atoms with Gasteiger partial charge in [-0.2, -0.15) is 0 Å². The molecular formula is C10H8NS. The summed E-state index contributed by atoms with van der Waals surface area (Å²) in [4.78, 5) is 5.26. The van der Waals surface area contributed by atoms with E-state index in [1.165, 1.54) is 5.56 Å². The third kappa shape index (κ3) is 1.25. The van der Waals surface area contributed by atoms with Crippen molar-refractivity contribution >= 4 is 11.3 Å². The van der Waals surface area contributed by atoms with Crippen LogP contribution < -0.4 is 0 Å². The summed E-state index contributed by atoms with van der Waals surface area (Å²) in [6, 6.07) is 10.2. The van der Waals surface area contributed by atoms with Crippen LogP contribution >= 0.6 is 11.3 Å². The van der Waals surface area contributed by atoms with Crippen molar-refractivity contribution in [1.29, 1.82) is 0 Å².